The molecule has 0 atom stereocenters. The van der Waals surface area contributed by atoms with Gasteiger partial charge in [0.15, 0.2) is 16.8 Å². The van der Waals surface area contributed by atoms with Crippen molar-refractivity contribution in [3.63, 3.8) is 0 Å². The number of nitrogens with one attached hydrogen (secondary N) is 3. The molecule has 27 heavy (non-hydrogen) atoms. The summed E-state index contributed by atoms with van der Waals surface area (Å²) >= 11 is 0. The van der Waals surface area contributed by atoms with Gasteiger partial charge in [-0.05, 0) is 0 Å². The van der Waals surface area contributed by atoms with Gasteiger partial charge in [0.05, 0.1) is 19.3 Å². The van der Waals surface area contributed by atoms with Crippen molar-refractivity contribution < 1.29 is 5.11 Å². The highest BCUT2D eigenvalue weighted by atomic mass is 16.3. The predicted octanol–water partition coefficient (Wildman–Crippen LogP) is -2.63. The number of aromatic nitrogens is 8. The topological polar surface area (TPSA) is 176 Å². The van der Waals surface area contributed by atoms with E-state index in [4.69, 9.17) is 5.11 Å². The third-order valence-corrected chi connectivity index (χ3v) is 3.91. The van der Waals surface area contributed by atoms with E-state index in [0.717, 1.165) is 0 Å². The fourth-order valence-electron chi connectivity index (χ4n) is 2.51. The normalized spacial score (nSPS) is 10.9. The second-order valence-electron chi connectivity index (χ2n) is 5.57. The summed E-state index contributed by atoms with van der Waals surface area (Å²) in [4.78, 5) is 59.6. The molecule has 4 rings (SSSR count). The number of imidazole rings is 2. The third-order valence-electron chi connectivity index (χ3n) is 3.91. The molecule has 4 aromatic rings. The standard InChI is InChI=1S/C8H10N4O3.C6H6N4O2/c1-11-6-5(7(14)10-8(11)15)12(2-3-13)4-9-6;1-10-4-3(7-2-8-4)5(11)9-6(10)12/h4,13H,2-3H2,1H3,(H,10,14,15);2H,1H3,(H,7,8)(H,9,11,12). The third kappa shape index (κ3) is 3.10. The maximum absolute atomic E-state index is 11.5. The number of hydrogen-bond acceptors (Lipinski definition) is 7. The fourth-order valence-corrected chi connectivity index (χ4v) is 2.51. The molecule has 0 unspecified atom stereocenters. The molecule has 0 aliphatic heterocycles. The first-order chi connectivity index (χ1) is 12.8. The van der Waals surface area contributed by atoms with Crippen LogP contribution in [-0.4, -0.2) is 50.3 Å². The van der Waals surface area contributed by atoms with Gasteiger partial charge < -0.3 is 14.7 Å². The van der Waals surface area contributed by atoms with Gasteiger partial charge in [-0.1, -0.05) is 0 Å². The van der Waals surface area contributed by atoms with Gasteiger partial charge in [-0.25, -0.2) is 19.6 Å². The fraction of sp³-hybridized carbons (Fsp3) is 0.286. The summed E-state index contributed by atoms with van der Waals surface area (Å²) in [5.74, 6) is 0. The van der Waals surface area contributed by atoms with E-state index in [9.17, 15) is 19.2 Å². The van der Waals surface area contributed by atoms with Crippen molar-refractivity contribution in [3.05, 3.63) is 54.3 Å². The molecular weight excluding hydrogens is 360 g/mol. The number of aliphatic hydroxyl groups is 1. The first kappa shape index (κ1) is 18.1. The molecule has 0 aliphatic rings. The van der Waals surface area contributed by atoms with Crippen LogP contribution < -0.4 is 22.5 Å². The summed E-state index contributed by atoms with van der Waals surface area (Å²) in [5.41, 5.74) is -0.588. The zero-order valence-electron chi connectivity index (χ0n) is 14.4. The Morgan fingerprint density at radius 1 is 0.963 bits per heavy atom. The summed E-state index contributed by atoms with van der Waals surface area (Å²) in [5, 5.41) is 8.78. The van der Waals surface area contributed by atoms with Crippen LogP contribution in [-0.2, 0) is 20.6 Å². The minimum Gasteiger partial charge on any atom is -0.395 e. The van der Waals surface area contributed by atoms with Crippen molar-refractivity contribution in [3.8, 4) is 0 Å². The molecule has 0 aliphatic carbocycles. The lowest BCUT2D eigenvalue weighted by Crippen LogP contribution is -2.29. The summed E-state index contributed by atoms with van der Waals surface area (Å²) in [6.45, 7) is 0.186. The van der Waals surface area contributed by atoms with Gasteiger partial charge in [-0.15, -0.1) is 0 Å². The minimum absolute atomic E-state index is 0.0895. The van der Waals surface area contributed by atoms with Crippen LogP contribution in [0.2, 0.25) is 0 Å². The van der Waals surface area contributed by atoms with E-state index in [1.54, 1.807) is 7.05 Å². The Kier molecular flexibility index (Phi) is 4.60. The average molecular weight is 376 g/mol. The molecule has 0 fully saturated rings. The van der Waals surface area contributed by atoms with Crippen molar-refractivity contribution in [2.24, 2.45) is 14.1 Å². The van der Waals surface area contributed by atoms with E-state index in [2.05, 4.69) is 24.9 Å². The van der Waals surface area contributed by atoms with Gasteiger partial charge in [-0.3, -0.25) is 28.7 Å². The Morgan fingerprint density at radius 3 is 2.26 bits per heavy atom. The van der Waals surface area contributed by atoms with Gasteiger partial charge >= 0.3 is 11.4 Å². The smallest absolute Gasteiger partial charge is 0.329 e. The van der Waals surface area contributed by atoms with Crippen LogP contribution in [0.15, 0.2) is 31.8 Å². The van der Waals surface area contributed by atoms with Gasteiger partial charge in [0.1, 0.15) is 5.52 Å². The molecule has 0 spiro atoms. The Bertz CT molecular complexity index is 1350. The number of nitrogens with zero attached hydrogens (tertiary/aromatic N) is 5. The number of aryl methyl sites for hydroxylation is 2. The average Bonchev–Trinajstić information content (AvgIpc) is 3.27. The molecule has 0 saturated heterocycles. The maximum Gasteiger partial charge on any atom is 0.329 e. The van der Waals surface area contributed by atoms with Crippen LogP contribution in [0.3, 0.4) is 0 Å². The van der Waals surface area contributed by atoms with Crippen LogP contribution in [0.4, 0.5) is 0 Å². The van der Waals surface area contributed by atoms with Crippen LogP contribution in [0, 0.1) is 0 Å². The number of aromatic amines is 3. The Labute approximate surface area is 148 Å². The highest BCUT2D eigenvalue weighted by Gasteiger charge is 2.10. The SMILES string of the molecule is Cn1c(=O)[nH]c(=O)c2[nH]cnc21.Cn1c(=O)[nH]c(=O)c2c1ncn2CCO. The molecule has 4 aromatic heterocycles. The van der Waals surface area contributed by atoms with E-state index in [1.165, 1.54) is 33.4 Å². The maximum atomic E-state index is 11.5. The zero-order chi connectivity index (χ0) is 19.7. The molecule has 4 heterocycles. The highest BCUT2D eigenvalue weighted by molar-refractivity contribution is 5.69. The quantitative estimate of drug-likeness (QED) is 0.295. The van der Waals surface area contributed by atoms with Gasteiger partial charge in [0.25, 0.3) is 11.1 Å². The van der Waals surface area contributed by atoms with Crippen molar-refractivity contribution in [2.45, 2.75) is 6.54 Å². The summed E-state index contributed by atoms with van der Waals surface area (Å²) < 4.78 is 4.03. The first-order valence-electron chi connectivity index (χ1n) is 7.72. The lowest BCUT2D eigenvalue weighted by Gasteiger charge is -2.00. The number of fused-ring (bicyclic) bond motifs is 2. The lowest BCUT2D eigenvalue weighted by atomic mass is 10.5. The van der Waals surface area contributed by atoms with Crippen LogP contribution in [0.1, 0.15) is 0 Å². The van der Waals surface area contributed by atoms with Crippen LogP contribution >= 0.6 is 0 Å². The van der Waals surface area contributed by atoms with E-state index < -0.39 is 22.5 Å². The van der Waals surface area contributed by atoms with Crippen molar-refractivity contribution >= 4 is 22.3 Å². The lowest BCUT2D eigenvalue weighted by molar-refractivity contribution is 0.277. The van der Waals surface area contributed by atoms with Crippen molar-refractivity contribution in [1.82, 2.24) is 38.6 Å². The van der Waals surface area contributed by atoms with Crippen molar-refractivity contribution in [1.29, 1.82) is 0 Å². The molecule has 0 radical (unpaired) electrons. The second-order valence-corrected chi connectivity index (χ2v) is 5.57. The molecule has 142 valence electrons. The van der Waals surface area contributed by atoms with E-state index in [-0.39, 0.29) is 13.2 Å². The second kappa shape index (κ2) is 6.87. The number of aliphatic hydroxyl groups excluding tert-OH is 1. The van der Waals surface area contributed by atoms with E-state index in [0.29, 0.717) is 22.3 Å². The molecular formula is C14H16N8O5. The van der Waals surface area contributed by atoms with E-state index in [1.807, 2.05) is 0 Å². The summed E-state index contributed by atoms with van der Waals surface area (Å²) in [6, 6.07) is 0. The number of rotatable bonds is 2. The van der Waals surface area contributed by atoms with Gasteiger partial charge in [-0.2, -0.15) is 0 Å². The van der Waals surface area contributed by atoms with Crippen molar-refractivity contribution in [2.75, 3.05) is 6.61 Å². The largest absolute Gasteiger partial charge is 0.395 e. The minimum atomic E-state index is -0.498. The highest BCUT2D eigenvalue weighted by Crippen LogP contribution is 2.03. The Morgan fingerprint density at radius 2 is 1.59 bits per heavy atom. The molecule has 0 bridgehead atoms. The zero-order valence-corrected chi connectivity index (χ0v) is 14.4. The number of H-pyrrole nitrogens is 3. The molecule has 0 saturated carbocycles. The summed E-state index contributed by atoms with van der Waals surface area (Å²) in [6.07, 6.45) is 2.80. The molecule has 4 N–H and O–H groups in total. The van der Waals surface area contributed by atoms with Crippen LogP contribution in [0.25, 0.3) is 22.3 Å². The Balaban J connectivity index is 0.000000159. The predicted molar refractivity (Wildman–Crippen MR) is 94.6 cm³/mol. The first-order valence-corrected chi connectivity index (χ1v) is 7.72. The number of hydrogen-bond donors (Lipinski definition) is 4. The van der Waals surface area contributed by atoms with Gasteiger partial charge in [0, 0.05) is 20.6 Å². The van der Waals surface area contributed by atoms with Crippen LogP contribution in [0.5, 0.6) is 0 Å². The summed E-state index contributed by atoms with van der Waals surface area (Å²) in [7, 11) is 3.07. The molecule has 0 amide bonds. The molecule has 13 nitrogen and oxygen atoms in total. The Hall–Kier alpha value is -3.74. The molecule has 13 heteroatoms. The van der Waals surface area contributed by atoms with E-state index >= 15 is 0 Å². The monoisotopic (exact) mass is 376 g/mol. The van der Waals surface area contributed by atoms with Gasteiger partial charge in [0.2, 0.25) is 0 Å². The molecule has 0 aromatic carbocycles.